The summed E-state index contributed by atoms with van der Waals surface area (Å²) in [4.78, 5) is 0. The van der Waals surface area contributed by atoms with Gasteiger partial charge in [-0.15, -0.1) is 0 Å². The molecule has 1 aliphatic carbocycles. The predicted molar refractivity (Wildman–Crippen MR) is 47.9 cm³/mol. The maximum absolute atomic E-state index is 5.75. The first kappa shape index (κ1) is 7.76. The van der Waals surface area contributed by atoms with E-state index in [4.69, 9.17) is 5.73 Å². The molecular weight excluding hydrogens is 190 g/mol. The van der Waals surface area contributed by atoms with Gasteiger partial charge >= 0.3 is 0 Å². The highest BCUT2D eigenvalue weighted by molar-refractivity contribution is 9.10. The van der Waals surface area contributed by atoms with Gasteiger partial charge in [-0.25, -0.2) is 0 Å². The first-order chi connectivity index (χ1) is 4.64. The predicted octanol–water partition coefficient (Wildman–Crippen LogP) is 2.11. The van der Waals surface area contributed by atoms with Crippen molar-refractivity contribution in [3.05, 3.63) is 36.5 Å². The number of nitrogens with two attached hydrogens (primary N) is 1. The van der Waals surface area contributed by atoms with E-state index in [1.165, 1.54) is 0 Å². The maximum Gasteiger partial charge on any atom is 0.0940 e. The molecule has 0 aliphatic heterocycles. The molecule has 2 heteroatoms. The highest BCUT2D eigenvalue weighted by Gasteiger charge is 2.17. The van der Waals surface area contributed by atoms with E-state index in [2.05, 4.69) is 28.6 Å². The standard InChI is InChI=1S/C8H10BrN/c1-2-7-3-5-8(9,10)6-4-7/h2-5H,1,6,10H2. The van der Waals surface area contributed by atoms with Crippen molar-refractivity contribution >= 4 is 15.9 Å². The van der Waals surface area contributed by atoms with Crippen molar-refractivity contribution in [3.63, 3.8) is 0 Å². The van der Waals surface area contributed by atoms with Crippen molar-refractivity contribution in [3.8, 4) is 0 Å². The second-order valence-electron chi connectivity index (χ2n) is 2.37. The van der Waals surface area contributed by atoms with Gasteiger partial charge in [-0.2, -0.15) is 0 Å². The van der Waals surface area contributed by atoms with E-state index in [1.807, 2.05) is 18.2 Å². The Labute approximate surface area is 69.4 Å². The zero-order valence-corrected chi connectivity index (χ0v) is 7.26. The van der Waals surface area contributed by atoms with Crippen LogP contribution in [0.1, 0.15) is 6.42 Å². The van der Waals surface area contributed by atoms with E-state index in [-0.39, 0.29) is 4.45 Å². The van der Waals surface area contributed by atoms with E-state index in [9.17, 15) is 0 Å². The molecule has 0 aromatic carbocycles. The van der Waals surface area contributed by atoms with Gasteiger partial charge in [0.15, 0.2) is 0 Å². The van der Waals surface area contributed by atoms with E-state index >= 15 is 0 Å². The van der Waals surface area contributed by atoms with Gasteiger partial charge < -0.3 is 5.73 Å². The van der Waals surface area contributed by atoms with Crippen LogP contribution in [-0.4, -0.2) is 4.45 Å². The van der Waals surface area contributed by atoms with E-state index in [0.717, 1.165) is 12.0 Å². The SMILES string of the molecule is C=CC1=CCC(N)(Br)C=C1. The fourth-order valence-electron chi connectivity index (χ4n) is 0.796. The molecule has 54 valence electrons. The molecule has 0 radical (unpaired) electrons. The van der Waals surface area contributed by atoms with Crippen LogP contribution >= 0.6 is 15.9 Å². The number of hydrogen-bond donors (Lipinski definition) is 1. The maximum atomic E-state index is 5.75. The van der Waals surface area contributed by atoms with Gasteiger partial charge in [0.25, 0.3) is 0 Å². The summed E-state index contributed by atoms with van der Waals surface area (Å²) in [5.41, 5.74) is 6.89. The molecule has 0 fully saturated rings. The molecule has 0 aromatic rings. The smallest absolute Gasteiger partial charge is 0.0940 e. The minimum atomic E-state index is -0.334. The number of hydrogen-bond acceptors (Lipinski definition) is 1. The molecule has 0 heterocycles. The zero-order valence-electron chi connectivity index (χ0n) is 5.68. The second kappa shape index (κ2) is 2.72. The van der Waals surface area contributed by atoms with Crippen LogP contribution < -0.4 is 5.73 Å². The van der Waals surface area contributed by atoms with Crippen LogP contribution in [0.3, 0.4) is 0 Å². The van der Waals surface area contributed by atoms with E-state index in [1.54, 1.807) is 0 Å². The number of rotatable bonds is 1. The van der Waals surface area contributed by atoms with Gasteiger partial charge in [-0.1, -0.05) is 46.8 Å². The van der Waals surface area contributed by atoms with Crippen LogP contribution in [0.5, 0.6) is 0 Å². The van der Waals surface area contributed by atoms with Gasteiger partial charge in [-0.3, -0.25) is 0 Å². The van der Waals surface area contributed by atoms with Gasteiger partial charge in [0.1, 0.15) is 0 Å². The van der Waals surface area contributed by atoms with Crippen LogP contribution in [-0.2, 0) is 0 Å². The molecule has 1 unspecified atom stereocenters. The summed E-state index contributed by atoms with van der Waals surface area (Å²) in [5, 5.41) is 0. The van der Waals surface area contributed by atoms with Gasteiger partial charge in [0, 0.05) is 0 Å². The highest BCUT2D eigenvalue weighted by atomic mass is 79.9. The van der Waals surface area contributed by atoms with Crippen molar-refractivity contribution in [1.29, 1.82) is 0 Å². The van der Waals surface area contributed by atoms with Crippen molar-refractivity contribution in [2.45, 2.75) is 10.9 Å². The number of halogens is 1. The fraction of sp³-hybridized carbons (Fsp3) is 0.250. The summed E-state index contributed by atoms with van der Waals surface area (Å²) in [6.45, 7) is 3.66. The van der Waals surface area contributed by atoms with Crippen molar-refractivity contribution in [2.75, 3.05) is 0 Å². The average molecular weight is 200 g/mol. The first-order valence-corrected chi connectivity index (χ1v) is 3.93. The highest BCUT2D eigenvalue weighted by Crippen LogP contribution is 2.24. The molecule has 0 saturated heterocycles. The molecule has 2 N–H and O–H groups in total. The lowest BCUT2D eigenvalue weighted by atomic mass is 10.0. The van der Waals surface area contributed by atoms with Crippen molar-refractivity contribution in [1.82, 2.24) is 0 Å². The molecule has 0 amide bonds. The molecule has 0 aromatic heterocycles. The topological polar surface area (TPSA) is 26.0 Å². The molecule has 1 nitrogen and oxygen atoms in total. The Morgan fingerprint density at radius 2 is 2.50 bits per heavy atom. The largest absolute Gasteiger partial charge is 0.313 e. The summed E-state index contributed by atoms with van der Waals surface area (Å²) < 4.78 is -0.334. The Morgan fingerprint density at radius 3 is 2.90 bits per heavy atom. The third-order valence-electron chi connectivity index (χ3n) is 1.44. The van der Waals surface area contributed by atoms with Crippen molar-refractivity contribution in [2.24, 2.45) is 5.73 Å². The summed E-state index contributed by atoms with van der Waals surface area (Å²) in [6, 6.07) is 0. The summed E-state index contributed by atoms with van der Waals surface area (Å²) >= 11 is 3.36. The van der Waals surface area contributed by atoms with Crippen LogP contribution in [0.25, 0.3) is 0 Å². The third kappa shape index (κ3) is 1.82. The Hall–Kier alpha value is -0.340. The Balaban J connectivity index is 2.72. The molecule has 1 atom stereocenters. The van der Waals surface area contributed by atoms with Gasteiger partial charge in [-0.05, 0) is 12.0 Å². The van der Waals surface area contributed by atoms with Crippen molar-refractivity contribution < 1.29 is 0 Å². The average Bonchev–Trinajstić information content (AvgIpc) is 1.88. The Bertz CT molecular complexity index is 201. The van der Waals surface area contributed by atoms with Crippen LogP contribution in [0.4, 0.5) is 0 Å². The fourth-order valence-corrected chi connectivity index (χ4v) is 1.09. The monoisotopic (exact) mass is 199 g/mol. The Kier molecular flexibility index (Phi) is 2.11. The molecule has 1 aliphatic rings. The van der Waals surface area contributed by atoms with E-state index in [0.29, 0.717) is 0 Å². The summed E-state index contributed by atoms with van der Waals surface area (Å²) in [5.74, 6) is 0. The quantitative estimate of drug-likeness (QED) is 0.509. The molecule has 0 spiro atoms. The molecule has 10 heavy (non-hydrogen) atoms. The lowest BCUT2D eigenvalue weighted by Gasteiger charge is -2.19. The molecule has 0 bridgehead atoms. The number of alkyl halides is 1. The zero-order chi connectivity index (χ0) is 7.61. The third-order valence-corrected chi connectivity index (χ3v) is 2.03. The van der Waals surface area contributed by atoms with Crippen LogP contribution in [0.15, 0.2) is 36.5 Å². The first-order valence-electron chi connectivity index (χ1n) is 3.14. The normalized spacial score (nSPS) is 31.6. The van der Waals surface area contributed by atoms with Crippen LogP contribution in [0, 0.1) is 0 Å². The second-order valence-corrected chi connectivity index (χ2v) is 3.85. The summed E-state index contributed by atoms with van der Waals surface area (Å²) in [7, 11) is 0. The number of allylic oxidation sites excluding steroid dienone is 3. The Morgan fingerprint density at radius 1 is 1.80 bits per heavy atom. The van der Waals surface area contributed by atoms with Gasteiger partial charge in [0.2, 0.25) is 0 Å². The summed E-state index contributed by atoms with van der Waals surface area (Å²) in [6.07, 6.45) is 8.60. The molecule has 0 saturated carbocycles. The van der Waals surface area contributed by atoms with E-state index < -0.39 is 0 Å². The lowest BCUT2D eigenvalue weighted by molar-refractivity contribution is 0.771. The lowest BCUT2D eigenvalue weighted by Crippen LogP contribution is -2.30. The molecular formula is C8H10BrN. The molecule has 1 rings (SSSR count). The van der Waals surface area contributed by atoms with Crippen LogP contribution in [0.2, 0.25) is 0 Å². The van der Waals surface area contributed by atoms with Gasteiger partial charge in [0.05, 0.1) is 4.45 Å². The minimum Gasteiger partial charge on any atom is -0.313 e. The minimum absolute atomic E-state index is 0.334.